The summed E-state index contributed by atoms with van der Waals surface area (Å²) < 4.78 is 0. The Balaban J connectivity index is 2.27. The van der Waals surface area contributed by atoms with Crippen molar-refractivity contribution in [1.82, 2.24) is 9.97 Å². The van der Waals surface area contributed by atoms with Gasteiger partial charge in [0.2, 0.25) is 11.7 Å². The van der Waals surface area contributed by atoms with E-state index in [1.165, 1.54) is 6.20 Å². The molecule has 0 fully saturated rings. The third-order valence-electron chi connectivity index (χ3n) is 2.34. The highest BCUT2D eigenvalue weighted by molar-refractivity contribution is 6.30. The van der Waals surface area contributed by atoms with Crippen molar-refractivity contribution in [3.8, 4) is 0 Å². The lowest BCUT2D eigenvalue weighted by Gasteiger charge is -2.06. The molecule has 17 heavy (non-hydrogen) atoms. The van der Waals surface area contributed by atoms with Crippen LogP contribution in [0.5, 0.6) is 0 Å². The number of H-pyrrole nitrogens is 1. The zero-order chi connectivity index (χ0) is 12.4. The van der Waals surface area contributed by atoms with Crippen molar-refractivity contribution in [1.29, 1.82) is 0 Å². The minimum atomic E-state index is -0.0951. The van der Waals surface area contributed by atoms with Gasteiger partial charge in [-0.1, -0.05) is 11.6 Å². The second-order valence-corrected chi connectivity index (χ2v) is 4.29. The fourth-order valence-corrected chi connectivity index (χ4v) is 1.54. The van der Waals surface area contributed by atoms with Gasteiger partial charge in [-0.05, 0) is 24.3 Å². The van der Waals surface area contributed by atoms with Crippen molar-refractivity contribution in [3.05, 3.63) is 46.7 Å². The van der Waals surface area contributed by atoms with Crippen molar-refractivity contribution in [2.45, 2.75) is 0 Å². The number of hydrogen-bond acceptors (Lipinski definition) is 3. The van der Waals surface area contributed by atoms with Crippen molar-refractivity contribution >= 4 is 23.3 Å². The van der Waals surface area contributed by atoms with Crippen LogP contribution in [0.15, 0.2) is 30.5 Å². The van der Waals surface area contributed by atoms with Gasteiger partial charge in [0.15, 0.2) is 0 Å². The van der Waals surface area contributed by atoms with Gasteiger partial charge >= 0.3 is 0 Å². The molecule has 2 rings (SSSR count). The van der Waals surface area contributed by atoms with Crippen LogP contribution in [0.1, 0.15) is 16.1 Å². The topological polar surface area (TPSA) is 49.0 Å². The third kappa shape index (κ3) is 2.47. The van der Waals surface area contributed by atoms with E-state index in [1.54, 1.807) is 29.2 Å². The van der Waals surface area contributed by atoms with E-state index in [-0.39, 0.29) is 5.78 Å². The molecule has 0 amide bonds. The summed E-state index contributed by atoms with van der Waals surface area (Å²) in [5.41, 5.74) is 1.05. The molecule has 0 radical (unpaired) electrons. The van der Waals surface area contributed by atoms with Crippen molar-refractivity contribution < 1.29 is 4.79 Å². The fraction of sp³-hybridized carbons (Fsp3) is 0.167. The highest BCUT2D eigenvalue weighted by Crippen LogP contribution is 2.14. The minimum absolute atomic E-state index is 0.0951. The number of nitrogens with one attached hydrogen (secondary N) is 1. The molecule has 0 aliphatic rings. The van der Waals surface area contributed by atoms with Crippen LogP contribution >= 0.6 is 11.6 Å². The Morgan fingerprint density at radius 3 is 2.47 bits per heavy atom. The van der Waals surface area contributed by atoms with E-state index in [1.807, 2.05) is 14.1 Å². The molecule has 88 valence electrons. The lowest BCUT2D eigenvalue weighted by Crippen LogP contribution is -2.10. The number of anilines is 1. The van der Waals surface area contributed by atoms with Crippen LogP contribution in [0, 0.1) is 0 Å². The molecule has 4 nitrogen and oxygen atoms in total. The maximum absolute atomic E-state index is 12.1. The van der Waals surface area contributed by atoms with Crippen molar-refractivity contribution in [2.75, 3.05) is 19.0 Å². The Bertz CT molecular complexity index is 531. The molecule has 2 aromatic rings. The van der Waals surface area contributed by atoms with Gasteiger partial charge in [-0.2, -0.15) is 0 Å². The summed E-state index contributed by atoms with van der Waals surface area (Å²) in [5, 5.41) is 0.611. The van der Waals surface area contributed by atoms with Gasteiger partial charge in [-0.3, -0.25) is 4.79 Å². The monoisotopic (exact) mass is 249 g/mol. The number of ketones is 1. The summed E-state index contributed by atoms with van der Waals surface area (Å²) in [7, 11) is 3.71. The summed E-state index contributed by atoms with van der Waals surface area (Å²) in [4.78, 5) is 20.9. The zero-order valence-electron chi connectivity index (χ0n) is 9.57. The number of halogens is 1. The first-order valence-corrected chi connectivity index (χ1v) is 5.48. The average molecular weight is 250 g/mol. The van der Waals surface area contributed by atoms with Crippen LogP contribution in [0.3, 0.4) is 0 Å². The highest BCUT2D eigenvalue weighted by Gasteiger charge is 2.12. The van der Waals surface area contributed by atoms with E-state index in [0.29, 0.717) is 22.2 Å². The first-order valence-electron chi connectivity index (χ1n) is 5.10. The summed E-state index contributed by atoms with van der Waals surface area (Å²) in [6, 6.07) is 6.78. The van der Waals surface area contributed by atoms with E-state index in [4.69, 9.17) is 11.6 Å². The molecule has 0 atom stereocenters. The molecule has 1 N–H and O–H groups in total. The number of aromatic nitrogens is 2. The number of carbonyl (C=O) groups excluding carboxylic acids is 1. The molecule has 0 aliphatic heterocycles. The largest absolute Gasteiger partial charge is 0.349 e. The predicted octanol–water partition coefficient (Wildman–Crippen LogP) is 2.36. The van der Waals surface area contributed by atoms with Crippen LogP contribution in [0.2, 0.25) is 5.02 Å². The second kappa shape index (κ2) is 4.59. The normalized spacial score (nSPS) is 10.3. The summed E-state index contributed by atoms with van der Waals surface area (Å²) >= 11 is 5.77. The van der Waals surface area contributed by atoms with E-state index in [0.717, 1.165) is 0 Å². The molecule has 0 unspecified atom stereocenters. The molecule has 0 saturated heterocycles. The summed E-state index contributed by atoms with van der Waals surface area (Å²) in [6.45, 7) is 0. The van der Waals surface area contributed by atoms with Crippen LogP contribution in [0.25, 0.3) is 0 Å². The van der Waals surface area contributed by atoms with E-state index < -0.39 is 0 Å². The molecule has 0 saturated carbocycles. The number of carbonyl (C=O) groups is 1. The summed E-state index contributed by atoms with van der Waals surface area (Å²) in [6.07, 6.45) is 1.53. The molecule has 1 aromatic heterocycles. The third-order valence-corrected chi connectivity index (χ3v) is 2.59. The molecule has 1 heterocycles. The van der Waals surface area contributed by atoms with Gasteiger partial charge in [0.1, 0.15) is 5.69 Å². The molecule has 0 aliphatic carbocycles. The fourth-order valence-electron chi connectivity index (χ4n) is 1.41. The van der Waals surface area contributed by atoms with Gasteiger partial charge in [0.05, 0.1) is 6.20 Å². The lowest BCUT2D eigenvalue weighted by molar-refractivity contribution is 0.103. The Morgan fingerprint density at radius 1 is 1.29 bits per heavy atom. The minimum Gasteiger partial charge on any atom is -0.349 e. The molecule has 1 aromatic carbocycles. The van der Waals surface area contributed by atoms with Crippen molar-refractivity contribution in [3.63, 3.8) is 0 Å². The Hall–Kier alpha value is -1.81. The predicted molar refractivity (Wildman–Crippen MR) is 67.8 cm³/mol. The van der Waals surface area contributed by atoms with Crippen LogP contribution in [-0.4, -0.2) is 29.8 Å². The Labute approximate surface area is 104 Å². The lowest BCUT2D eigenvalue weighted by atomic mass is 10.1. The van der Waals surface area contributed by atoms with E-state index in [9.17, 15) is 4.79 Å². The molecular formula is C12H12ClN3O. The Morgan fingerprint density at radius 2 is 1.94 bits per heavy atom. The average Bonchev–Trinajstić information content (AvgIpc) is 2.78. The first-order chi connectivity index (χ1) is 8.08. The van der Waals surface area contributed by atoms with Gasteiger partial charge in [0, 0.05) is 24.7 Å². The number of aromatic amines is 1. The zero-order valence-corrected chi connectivity index (χ0v) is 10.3. The quantitative estimate of drug-likeness (QED) is 0.850. The maximum atomic E-state index is 12.1. The van der Waals surface area contributed by atoms with Crippen LogP contribution in [-0.2, 0) is 0 Å². The summed E-state index contributed by atoms with van der Waals surface area (Å²) in [5.74, 6) is 0.560. The highest BCUT2D eigenvalue weighted by atomic mass is 35.5. The number of nitrogens with zero attached hydrogens (tertiary/aromatic N) is 2. The van der Waals surface area contributed by atoms with Gasteiger partial charge in [0.25, 0.3) is 0 Å². The molecule has 0 bridgehead atoms. The molecular weight excluding hydrogens is 238 g/mol. The first kappa shape index (κ1) is 11.7. The van der Waals surface area contributed by atoms with Crippen molar-refractivity contribution in [2.24, 2.45) is 0 Å². The maximum Gasteiger partial charge on any atom is 0.210 e. The van der Waals surface area contributed by atoms with Crippen LogP contribution < -0.4 is 4.90 Å². The number of benzene rings is 1. The number of rotatable bonds is 3. The standard InChI is InChI=1S/C12H12ClN3O/c1-16(2)12-14-7-10(15-12)11(17)8-3-5-9(13)6-4-8/h3-7H,1-2H3,(H,14,15). The smallest absolute Gasteiger partial charge is 0.210 e. The van der Waals surface area contributed by atoms with Gasteiger partial charge in [-0.25, -0.2) is 4.98 Å². The SMILES string of the molecule is CN(C)c1ncc(C(=O)c2ccc(Cl)cc2)[nH]1. The van der Waals surface area contributed by atoms with Crippen LogP contribution in [0.4, 0.5) is 5.95 Å². The second-order valence-electron chi connectivity index (χ2n) is 3.85. The number of imidazole rings is 1. The van der Waals surface area contributed by atoms with Gasteiger partial charge in [-0.15, -0.1) is 0 Å². The Kier molecular flexibility index (Phi) is 3.15. The molecule has 0 spiro atoms. The number of hydrogen-bond donors (Lipinski definition) is 1. The van der Waals surface area contributed by atoms with E-state index >= 15 is 0 Å². The van der Waals surface area contributed by atoms with Gasteiger partial charge < -0.3 is 9.88 Å². The molecule has 5 heteroatoms. The van der Waals surface area contributed by atoms with E-state index in [2.05, 4.69) is 9.97 Å².